The molecule has 0 saturated carbocycles. The summed E-state index contributed by atoms with van der Waals surface area (Å²) in [5.74, 6) is -1.74. The molecule has 1 saturated heterocycles. The van der Waals surface area contributed by atoms with Crippen molar-refractivity contribution in [2.75, 3.05) is 17.7 Å². The van der Waals surface area contributed by atoms with E-state index in [1.54, 1.807) is 0 Å². The van der Waals surface area contributed by atoms with Crippen LogP contribution in [0.25, 0.3) is 0 Å². The highest BCUT2D eigenvalue weighted by Crippen LogP contribution is 2.25. The van der Waals surface area contributed by atoms with Gasteiger partial charge in [0, 0.05) is 18.3 Å². The number of hydrogen-bond acceptors (Lipinski definition) is 4. The first kappa shape index (κ1) is 13.6. The summed E-state index contributed by atoms with van der Waals surface area (Å²) >= 11 is 0. The fourth-order valence-corrected chi connectivity index (χ4v) is 2.22. The van der Waals surface area contributed by atoms with Gasteiger partial charge in [-0.2, -0.15) is 0 Å². The summed E-state index contributed by atoms with van der Waals surface area (Å²) in [6.45, 7) is 2.59. The van der Waals surface area contributed by atoms with Crippen molar-refractivity contribution >= 4 is 17.3 Å². The molecule has 19 heavy (non-hydrogen) atoms. The Kier molecular flexibility index (Phi) is 3.90. The number of nitrogen functional groups attached to an aromatic ring is 1. The van der Waals surface area contributed by atoms with Crippen LogP contribution < -0.4 is 11.1 Å². The average Bonchev–Trinajstić information content (AvgIpc) is 2.85. The summed E-state index contributed by atoms with van der Waals surface area (Å²) in [4.78, 5) is 11.0. The van der Waals surface area contributed by atoms with E-state index in [2.05, 4.69) is 5.32 Å². The third-order valence-corrected chi connectivity index (χ3v) is 3.28. The molecule has 2 rings (SSSR count). The predicted molar refractivity (Wildman–Crippen MR) is 69.8 cm³/mol. The van der Waals surface area contributed by atoms with Gasteiger partial charge in [0.25, 0.3) is 0 Å². The molecule has 1 fully saturated rings. The van der Waals surface area contributed by atoms with Gasteiger partial charge in [0.2, 0.25) is 0 Å². The largest absolute Gasteiger partial charge is 0.478 e. The van der Waals surface area contributed by atoms with Crippen molar-refractivity contribution < 1.29 is 19.0 Å². The van der Waals surface area contributed by atoms with E-state index in [0.29, 0.717) is 6.61 Å². The first-order valence-electron chi connectivity index (χ1n) is 6.19. The molecule has 2 atom stereocenters. The number of nitrogens with one attached hydrogen (secondary N) is 1. The summed E-state index contributed by atoms with van der Waals surface area (Å²) in [6.07, 6.45) is 1.92. The number of rotatable bonds is 4. The maximum Gasteiger partial charge on any atom is 0.337 e. The highest BCUT2D eigenvalue weighted by Gasteiger charge is 2.23. The second kappa shape index (κ2) is 5.44. The Morgan fingerprint density at radius 1 is 1.63 bits per heavy atom. The monoisotopic (exact) mass is 268 g/mol. The lowest BCUT2D eigenvalue weighted by molar-refractivity contribution is 0.0698. The Morgan fingerprint density at radius 2 is 2.37 bits per heavy atom. The van der Waals surface area contributed by atoms with Crippen molar-refractivity contribution in [1.29, 1.82) is 0 Å². The molecule has 1 heterocycles. The maximum absolute atomic E-state index is 13.8. The second-order valence-electron chi connectivity index (χ2n) is 4.71. The smallest absolute Gasteiger partial charge is 0.337 e. The molecular formula is C13H17FN2O3. The first-order chi connectivity index (χ1) is 8.99. The molecule has 0 amide bonds. The van der Waals surface area contributed by atoms with E-state index in [-0.39, 0.29) is 29.1 Å². The van der Waals surface area contributed by atoms with Gasteiger partial charge in [0.1, 0.15) is 5.82 Å². The van der Waals surface area contributed by atoms with Crippen molar-refractivity contribution in [1.82, 2.24) is 0 Å². The van der Waals surface area contributed by atoms with Crippen LogP contribution in [0.4, 0.5) is 15.8 Å². The molecule has 0 bridgehead atoms. The minimum absolute atomic E-state index is 0.0187. The third kappa shape index (κ3) is 2.96. The predicted octanol–water partition coefficient (Wildman–Crippen LogP) is 2.09. The van der Waals surface area contributed by atoms with Crippen molar-refractivity contribution in [3.05, 3.63) is 23.5 Å². The van der Waals surface area contributed by atoms with Crippen LogP contribution in [-0.4, -0.2) is 29.8 Å². The standard InChI is InChI=1S/C13H17FN2O3/c1-7(12-3-2-4-19-12)16-11-5-8(13(17)18)10(15)6-9(11)14/h5-7,12,16H,2-4,15H2,1H3,(H,17,18)/t7-,12-/m1/s1. The van der Waals surface area contributed by atoms with E-state index in [1.807, 2.05) is 6.92 Å². The molecule has 1 aromatic carbocycles. The number of anilines is 2. The van der Waals surface area contributed by atoms with Crippen LogP contribution in [0.3, 0.4) is 0 Å². The summed E-state index contributed by atoms with van der Waals surface area (Å²) in [5.41, 5.74) is 5.41. The zero-order valence-electron chi connectivity index (χ0n) is 10.6. The van der Waals surface area contributed by atoms with Crippen LogP contribution in [0, 0.1) is 5.82 Å². The molecule has 0 radical (unpaired) electrons. The van der Waals surface area contributed by atoms with Crippen molar-refractivity contribution in [3.8, 4) is 0 Å². The van der Waals surface area contributed by atoms with Gasteiger partial charge in [0.15, 0.2) is 0 Å². The van der Waals surface area contributed by atoms with E-state index in [9.17, 15) is 9.18 Å². The van der Waals surface area contributed by atoms with E-state index >= 15 is 0 Å². The normalized spacial score (nSPS) is 20.2. The Hall–Kier alpha value is -1.82. The Bertz CT molecular complexity index is 487. The Morgan fingerprint density at radius 3 is 2.95 bits per heavy atom. The Balaban J connectivity index is 2.19. The van der Waals surface area contributed by atoms with Gasteiger partial charge >= 0.3 is 5.97 Å². The van der Waals surface area contributed by atoms with Crippen LogP contribution in [0.1, 0.15) is 30.1 Å². The van der Waals surface area contributed by atoms with E-state index in [4.69, 9.17) is 15.6 Å². The summed E-state index contributed by atoms with van der Waals surface area (Å²) in [7, 11) is 0. The van der Waals surface area contributed by atoms with Crippen LogP contribution >= 0.6 is 0 Å². The molecule has 104 valence electrons. The molecule has 1 aliphatic heterocycles. The highest BCUT2D eigenvalue weighted by molar-refractivity contribution is 5.94. The lowest BCUT2D eigenvalue weighted by Gasteiger charge is -2.22. The van der Waals surface area contributed by atoms with E-state index in [0.717, 1.165) is 18.9 Å². The second-order valence-corrected chi connectivity index (χ2v) is 4.71. The van der Waals surface area contributed by atoms with Gasteiger partial charge in [-0.05, 0) is 31.9 Å². The molecule has 0 spiro atoms. The molecule has 0 aliphatic carbocycles. The topological polar surface area (TPSA) is 84.6 Å². The number of nitrogens with two attached hydrogens (primary N) is 1. The van der Waals surface area contributed by atoms with Gasteiger partial charge in [-0.3, -0.25) is 0 Å². The number of carboxylic acid groups (broad SMARTS) is 1. The molecule has 6 heteroatoms. The maximum atomic E-state index is 13.8. The molecule has 5 nitrogen and oxygen atoms in total. The quantitative estimate of drug-likeness (QED) is 0.728. The van der Waals surface area contributed by atoms with Crippen LogP contribution in [0.5, 0.6) is 0 Å². The zero-order valence-corrected chi connectivity index (χ0v) is 10.6. The minimum atomic E-state index is -1.18. The number of benzene rings is 1. The number of hydrogen-bond donors (Lipinski definition) is 3. The van der Waals surface area contributed by atoms with E-state index < -0.39 is 11.8 Å². The molecule has 1 aromatic rings. The van der Waals surface area contributed by atoms with E-state index in [1.165, 1.54) is 6.07 Å². The highest BCUT2D eigenvalue weighted by atomic mass is 19.1. The number of carboxylic acids is 1. The number of ether oxygens (including phenoxy) is 1. The molecular weight excluding hydrogens is 251 g/mol. The third-order valence-electron chi connectivity index (χ3n) is 3.28. The SMILES string of the molecule is C[C@@H](Nc1cc(C(=O)O)c(N)cc1F)[C@H]1CCCO1. The fourth-order valence-electron chi connectivity index (χ4n) is 2.22. The summed E-state index contributed by atoms with van der Waals surface area (Å²) < 4.78 is 19.3. The summed E-state index contributed by atoms with van der Waals surface area (Å²) in [6, 6.07) is 2.15. The van der Waals surface area contributed by atoms with Gasteiger partial charge in [-0.15, -0.1) is 0 Å². The van der Waals surface area contributed by atoms with Gasteiger partial charge in [0.05, 0.1) is 17.4 Å². The lowest BCUT2D eigenvalue weighted by Crippen LogP contribution is -2.30. The van der Waals surface area contributed by atoms with Gasteiger partial charge < -0.3 is 20.9 Å². The molecule has 4 N–H and O–H groups in total. The number of carbonyl (C=O) groups is 1. The summed E-state index contributed by atoms with van der Waals surface area (Å²) in [5, 5.41) is 11.9. The first-order valence-corrected chi connectivity index (χ1v) is 6.19. The molecule has 0 aromatic heterocycles. The lowest BCUT2D eigenvalue weighted by atomic mass is 10.1. The van der Waals surface area contributed by atoms with Crippen molar-refractivity contribution in [2.24, 2.45) is 0 Å². The van der Waals surface area contributed by atoms with Crippen molar-refractivity contribution in [3.63, 3.8) is 0 Å². The van der Waals surface area contributed by atoms with Crippen LogP contribution in [0.15, 0.2) is 12.1 Å². The Labute approximate surface area is 110 Å². The minimum Gasteiger partial charge on any atom is -0.478 e. The average molecular weight is 268 g/mol. The van der Waals surface area contributed by atoms with Gasteiger partial charge in [-0.1, -0.05) is 0 Å². The van der Waals surface area contributed by atoms with Crippen LogP contribution in [0.2, 0.25) is 0 Å². The zero-order chi connectivity index (χ0) is 14.0. The molecule has 1 aliphatic rings. The van der Waals surface area contributed by atoms with Crippen LogP contribution in [-0.2, 0) is 4.74 Å². The number of halogens is 1. The number of aromatic carboxylic acids is 1. The van der Waals surface area contributed by atoms with Crippen molar-refractivity contribution in [2.45, 2.75) is 31.9 Å². The molecule has 0 unspecified atom stereocenters. The fraction of sp³-hybridized carbons (Fsp3) is 0.462. The van der Waals surface area contributed by atoms with Gasteiger partial charge in [-0.25, -0.2) is 9.18 Å².